The molecule has 3 aromatic rings. The van der Waals surface area contributed by atoms with E-state index in [1.807, 2.05) is 50.2 Å². The number of esters is 1. The van der Waals surface area contributed by atoms with E-state index in [-0.39, 0.29) is 22.7 Å². The zero-order chi connectivity index (χ0) is 24.7. The summed E-state index contributed by atoms with van der Waals surface area (Å²) in [5, 5.41) is 2.61. The van der Waals surface area contributed by atoms with Gasteiger partial charge in [0.05, 0.1) is 11.6 Å². The van der Waals surface area contributed by atoms with Gasteiger partial charge in [0.1, 0.15) is 0 Å². The summed E-state index contributed by atoms with van der Waals surface area (Å²) in [7, 11) is 0. The van der Waals surface area contributed by atoms with Crippen LogP contribution in [0, 0.1) is 13.8 Å². The molecule has 0 aliphatic carbocycles. The summed E-state index contributed by atoms with van der Waals surface area (Å²) in [5.74, 6) is -1.89. The van der Waals surface area contributed by atoms with Crippen molar-refractivity contribution in [1.29, 1.82) is 0 Å². The fourth-order valence-electron chi connectivity index (χ4n) is 3.49. The number of ketones is 2. The molecule has 0 saturated carbocycles. The third kappa shape index (κ3) is 6.25. The smallest absolute Gasteiger partial charge is 0.339 e. The lowest BCUT2D eigenvalue weighted by atomic mass is 9.96. The maximum atomic E-state index is 13.0. The van der Waals surface area contributed by atoms with Gasteiger partial charge in [0.2, 0.25) is 0 Å². The van der Waals surface area contributed by atoms with Gasteiger partial charge in [-0.05, 0) is 56.0 Å². The Morgan fingerprint density at radius 2 is 1.47 bits per heavy atom. The molecule has 0 fully saturated rings. The van der Waals surface area contributed by atoms with Crippen molar-refractivity contribution in [2.24, 2.45) is 0 Å². The fourth-order valence-corrected chi connectivity index (χ4v) is 3.49. The second kappa shape index (κ2) is 11.2. The van der Waals surface area contributed by atoms with Crippen molar-refractivity contribution >= 4 is 23.4 Å². The first-order valence-corrected chi connectivity index (χ1v) is 11.0. The van der Waals surface area contributed by atoms with Gasteiger partial charge >= 0.3 is 5.97 Å². The molecule has 34 heavy (non-hydrogen) atoms. The topological polar surface area (TPSA) is 89.5 Å². The number of ether oxygens (including phenoxy) is 1. The van der Waals surface area contributed by atoms with E-state index in [2.05, 4.69) is 5.32 Å². The highest BCUT2D eigenvalue weighted by Gasteiger charge is 2.22. The molecule has 1 N–H and O–H groups in total. The van der Waals surface area contributed by atoms with Crippen molar-refractivity contribution < 1.29 is 23.9 Å². The van der Waals surface area contributed by atoms with E-state index in [4.69, 9.17) is 4.74 Å². The Labute approximate surface area is 199 Å². The summed E-state index contributed by atoms with van der Waals surface area (Å²) in [6.45, 7) is 4.70. The maximum Gasteiger partial charge on any atom is 0.339 e. The second-order valence-electron chi connectivity index (χ2n) is 8.17. The first-order valence-electron chi connectivity index (χ1n) is 11.0. The fraction of sp³-hybridized carbons (Fsp3) is 0.214. The number of carbonyl (C=O) groups excluding carboxylic acids is 4. The number of amides is 1. The van der Waals surface area contributed by atoms with E-state index in [1.54, 1.807) is 30.3 Å². The van der Waals surface area contributed by atoms with Crippen LogP contribution < -0.4 is 5.32 Å². The summed E-state index contributed by atoms with van der Waals surface area (Å²) in [6, 6.07) is 20.3. The summed E-state index contributed by atoms with van der Waals surface area (Å²) < 4.78 is 5.18. The number of Topliss-reactive ketones (excluding diaryl/α,β-unsaturated/α-hetero) is 1. The molecule has 0 heterocycles. The molecular weight excluding hydrogens is 430 g/mol. The van der Waals surface area contributed by atoms with Gasteiger partial charge in [-0.1, -0.05) is 60.7 Å². The van der Waals surface area contributed by atoms with Crippen LogP contribution >= 0.6 is 0 Å². The third-order valence-electron chi connectivity index (χ3n) is 5.60. The molecule has 3 rings (SSSR count). The van der Waals surface area contributed by atoms with Gasteiger partial charge in [-0.15, -0.1) is 0 Å². The molecule has 0 aliphatic heterocycles. The number of nitrogens with one attached hydrogen (secondary N) is 1. The Morgan fingerprint density at radius 1 is 0.824 bits per heavy atom. The zero-order valence-electron chi connectivity index (χ0n) is 19.5. The van der Waals surface area contributed by atoms with Crippen LogP contribution in [0.5, 0.6) is 0 Å². The van der Waals surface area contributed by atoms with Crippen LogP contribution in [0.3, 0.4) is 0 Å². The molecule has 0 spiro atoms. The Morgan fingerprint density at radius 3 is 2.12 bits per heavy atom. The SMILES string of the molecule is CC(=O)C(Cc1ccccc1)NC(=O)COC(=O)c1ccccc1C(=O)c1ccc(C)c(C)c1. The summed E-state index contributed by atoms with van der Waals surface area (Å²) in [6.07, 6.45) is 0.336. The van der Waals surface area contributed by atoms with Crippen LogP contribution in [0.1, 0.15) is 49.9 Å². The maximum absolute atomic E-state index is 13.0. The highest BCUT2D eigenvalue weighted by Crippen LogP contribution is 2.18. The average Bonchev–Trinajstić information content (AvgIpc) is 2.84. The van der Waals surface area contributed by atoms with Gasteiger partial charge in [0.25, 0.3) is 5.91 Å². The lowest BCUT2D eigenvalue weighted by Gasteiger charge is -2.16. The third-order valence-corrected chi connectivity index (χ3v) is 5.60. The number of aryl methyl sites for hydroxylation is 2. The van der Waals surface area contributed by atoms with Gasteiger partial charge in [-0.2, -0.15) is 0 Å². The minimum absolute atomic E-state index is 0.0749. The lowest BCUT2D eigenvalue weighted by Crippen LogP contribution is -2.43. The number of rotatable bonds is 9. The Hall–Kier alpha value is -4.06. The van der Waals surface area contributed by atoms with Gasteiger partial charge < -0.3 is 10.1 Å². The van der Waals surface area contributed by atoms with Crippen LogP contribution in [0.2, 0.25) is 0 Å². The second-order valence-corrected chi connectivity index (χ2v) is 8.17. The van der Waals surface area contributed by atoms with Crippen molar-refractivity contribution in [2.75, 3.05) is 6.61 Å². The zero-order valence-corrected chi connectivity index (χ0v) is 19.5. The molecule has 1 atom stereocenters. The molecule has 3 aromatic carbocycles. The van der Waals surface area contributed by atoms with Crippen LogP contribution in [0.25, 0.3) is 0 Å². The molecule has 0 bridgehead atoms. The van der Waals surface area contributed by atoms with Gasteiger partial charge in [0, 0.05) is 11.1 Å². The summed E-state index contributed by atoms with van der Waals surface area (Å²) >= 11 is 0. The van der Waals surface area contributed by atoms with Crippen LogP contribution in [-0.2, 0) is 20.7 Å². The van der Waals surface area contributed by atoms with E-state index in [0.717, 1.165) is 16.7 Å². The van der Waals surface area contributed by atoms with Crippen LogP contribution in [0.4, 0.5) is 0 Å². The predicted molar refractivity (Wildman–Crippen MR) is 129 cm³/mol. The molecular formula is C28H27NO5. The Bertz CT molecular complexity index is 1220. The number of hydrogen-bond acceptors (Lipinski definition) is 5. The summed E-state index contributed by atoms with van der Waals surface area (Å²) in [5.41, 5.74) is 3.67. The largest absolute Gasteiger partial charge is 0.452 e. The first-order chi connectivity index (χ1) is 16.3. The van der Waals surface area contributed by atoms with E-state index in [1.165, 1.54) is 13.0 Å². The van der Waals surface area contributed by atoms with Crippen molar-refractivity contribution in [3.63, 3.8) is 0 Å². The molecule has 0 radical (unpaired) electrons. The predicted octanol–water partition coefficient (Wildman–Crippen LogP) is 4.01. The van der Waals surface area contributed by atoms with Crippen molar-refractivity contribution in [3.05, 3.63) is 106 Å². The van der Waals surface area contributed by atoms with Crippen molar-refractivity contribution in [1.82, 2.24) is 5.32 Å². The number of benzene rings is 3. The molecule has 6 heteroatoms. The summed E-state index contributed by atoms with van der Waals surface area (Å²) in [4.78, 5) is 50.1. The van der Waals surface area contributed by atoms with Gasteiger partial charge in [-0.3, -0.25) is 14.4 Å². The van der Waals surface area contributed by atoms with E-state index < -0.39 is 24.5 Å². The van der Waals surface area contributed by atoms with Gasteiger partial charge in [0.15, 0.2) is 18.2 Å². The minimum Gasteiger partial charge on any atom is -0.452 e. The molecule has 1 amide bonds. The first kappa shape index (κ1) is 24.6. The molecule has 174 valence electrons. The molecule has 1 unspecified atom stereocenters. The Kier molecular flexibility index (Phi) is 8.09. The highest BCUT2D eigenvalue weighted by atomic mass is 16.5. The minimum atomic E-state index is -0.787. The van der Waals surface area contributed by atoms with E-state index >= 15 is 0 Å². The Balaban J connectivity index is 1.66. The number of carbonyl (C=O) groups is 4. The van der Waals surface area contributed by atoms with Gasteiger partial charge in [-0.25, -0.2) is 4.79 Å². The highest BCUT2D eigenvalue weighted by molar-refractivity contribution is 6.14. The molecule has 6 nitrogen and oxygen atoms in total. The van der Waals surface area contributed by atoms with Crippen molar-refractivity contribution in [2.45, 2.75) is 33.2 Å². The normalized spacial score (nSPS) is 11.4. The van der Waals surface area contributed by atoms with Crippen LogP contribution in [-0.4, -0.2) is 36.1 Å². The standard InChI is InChI=1S/C28H27NO5/c1-18-13-14-22(15-19(18)2)27(32)23-11-7-8-12-24(23)28(33)34-17-26(31)29-25(20(3)30)16-21-9-5-4-6-10-21/h4-15,25H,16-17H2,1-3H3,(H,29,31). The lowest BCUT2D eigenvalue weighted by molar-refractivity contribution is -0.128. The van der Waals surface area contributed by atoms with E-state index in [9.17, 15) is 19.2 Å². The average molecular weight is 458 g/mol. The van der Waals surface area contributed by atoms with E-state index in [0.29, 0.717) is 12.0 Å². The molecule has 0 aliphatic rings. The van der Waals surface area contributed by atoms with Crippen LogP contribution in [0.15, 0.2) is 72.8 Å². The molecule has 0 saturated heterocycles. The quantitative estimate of drug-likeness (QED) is 0.387. The van der Waals surface area contributed by atoms with Crippen molar-refractivity contribution in [3.8, 4) is 0 Å². The monoisotopic (exact) mass is 457 g/mol. The molecule has 0 aromatic heterocycles. The number of hydrogen-bond donors (Lipinski definition) is 1.